The van der Waals surface area contributed by atoms with Gasteiger partial charge in [-0.1, -0.05) is 0 Å². The van der Waals surface area contributed by atoms with Gasteiger partial charge in [-0.25, -0.2) is 10.8 Å². The molecule has 0 spiro atoms. The number of hydrazine groups is 1. The summed E-state index contributed by atoms with van der Waals surface area (Å²) >= 11 is 0. The van der Waals surface area contributed by atoms with Crippen LogP contribution in [0.15, 0.2) is 4.99 Å². The third kappa shape index (κ3) is 3.31. The van der Waals surface area contributed by atoms with Gasteiger partial charge in [0.1, 0.15) is 0 Å². The van der Waals surface area contributed by atoms with Crippen LogP contribution in [0.1, 0.15) is 19.3 Å². The fourth-order valence-electron chi connectivity index (χ4n) is 2.32. The summed E-state index contributed by atoms with van der Waals surface area (Å²) in [6.45, 7) is 1.52. The van der Waals surface area contributed by atoms with Crippen LogP contribution in [-0.4, -0.2) is 66.2 Å². The molecule has 2 aliphatic rings. The van der Waals surface area contributed by atoms with Crippen LogP contribution in [0.2, 0.25) is 0 Å². The summed E-state index contributed by atoms with van der Waals surface area (Å²) in [4.78, 5) is 8.78. The van der Waals surface area contributed by atoms with Crippen molar-refractivity contribution in [3.63, 3.8) is 0 Å². The molecule has 1 saturated heterocycles. The molecule has 2 atom stereocenters. The maximum absolute atomic E-state index is 9.79. The summed E-state index contributed by atoms with van der Waals surface area (Å²) in [5.41, 5.74) is 2.69. The van der Waals surface area contributed by atoms with Crippen molar-refractivity contribution < 1.29 is 5.11 Å². The monoisotopic (exact) mass is 241 g/mol. The first-order valence-electron chi connectivity index (χ1n) is 6.24. The van der Waals surface area contributed by atoms with Crippen LogP contribution in [0, 0.1) is 0 Å². The molecule has 0 aromatic heterocycles. The van der Waals surface area contributed by atoms with Gasteiger partial charge in [0.2, 0.25) is 5.96 Å². The molecule has 4 N–H and O–H groups in total. The quantitative estimate of drug-likeness (QED) is 0.255. The van der Waals surface area contributed by atoms with Crippen LogP contribution in [-0.2, 0) is 0 Å². The molecule has 0 bridgehead atoms. The molecule has 2 unspecified atom stereocenters. The third-order valence-electron chi connectivity index (χ3n) is 3.22. The van der Waals surface area contributed by atoms with Gasteiger partial charge in [0, 0.05) is 19.1 Å². The summed E-state index contributed by atoms with van der Waals surface area (Å²) in [6, 6.07) is 0.715. The van der Waals surface area contributed by atoms with E-state index in [0.717, 1.165) is 31.8 Å². The van der Waals surface area contributed by atoms with Crippen molar-refractivity contribution in [1.82, 2.24) is 15.2 Å². The fraction of sp³-hybridized carbons (Fsp3) is 0.909. The zero-order valence-electron chi connectivity index (χ0n) is 10.6. The maximum atomic E-state index is 9.79. The van der Waals surface area contributed by atoms with Crippen molar-refractivity contribution in [2.75, 3.05) is 27.2 Å². The molecule has 0 aromatic carbocycles. The number of guanidine groups is 1. The molecule has 1 aliphatic heterocycles. The lowest BCUT2D eigenvalue weighted by Gasteiger charge is -2.29. The number of likely N-dealkylation sites (N-methyl/N-ethyl adjacent to an activating group) is 1. The first-order valence-corrected chi connectivity index (χ1v) is 6.24. The molecule has 98 valence electrons. The lowest BCUT2D eigenvalue weighted by Crippen LogP contribution is -2.50. The second-order valence-electron chi connectivity index (χ2n) is 5.29. The van der Waals surface area contributed by atoms with E-state index in [0.29, 0.717) is 12.6 Å². The molecule has 0 amide bonds. The lowest BCUT2D eigenvalue weighted by atomic mass is 10.2. The Balaban J connectivity index is 2.04. The Morgan fingerprint density at radius 1 is 1.53 bits per heavy atom. The minimum atomic E-state index is -0.280. The fourth-order valence-corrected chi connectivity index (χ4v) is 2.32. The highest BCUT2D eigenvalue weighted by atomic mass is 16.3. The van der Waals surface area contributed by atoms with Crippen LogP contribution in [0.4, 0.5) is 0 Å². The highest BCUT2D eigenvalue weighted by Crippen LogP contribution is 2.25. The Bertz CT molecular complexity index is 290. The predicted molar refractivity (Wildman–Crippen MR) is 67.5 cm³/mol. The average Bonchev–Trinajstić information content (AvgIpc) is 2.99. The molecule has 6 heteroatoms. The van der Waals surface area contributed by atoms with E-state index in [2.05, 4.69) is 20.2 Å². The minimum Gasteiger partial charge on any atom is -0.391 e. The first kappa shape index (κ1) is 12.6. The number of aliphatic hydroxyl groups excluding tert-OH is 1. The first-order chi connectivity index (χ1) is 8.10. The molecule has 17 heavy (non-hydrogen) atoms. The molecule has 1 saturated carbocycles. The van der Waals surface area contributed by atoms with Crippen molar-refractivity contribution in [2.24, 2.45) is 10.8 Å². The van der Waals surface area contributed by atoms with Crippen LogP contribution >= 0.6 is 0 Å². The summed E-state index contributed by atoms with van der Waals surface area (Å²) < 4.78 is 0. The SMILES string of the molecule is CN(C)CC1CC(O)CN1C(=NC1CC1)NN. The van der Waals surface area contributed by atoms with Crippen LogP contribution in [0.25, 0.3) is 0 Å². The molecule has 2 fully saturated rings. The van der Waals surface area contributed by atoms with Crippen LogP contribution in [0.5, 0.6) is 0 Å². The molecule has 2 rings (SSSR count). The number of hydrogen-bond acceptors (Lipinski definition) is 4. The highest BCUT2D eigenvalue weighted by molar-refractivity contribution is 5.80. The largest absolute Gasteiger partial charge is 0.391 e. The van der Waals surface area contributed by atoms with Gasteiger partial charge in [-0.05, 0) is 33.4 Å². The minimum absolute atomic E-state index is 0.280. The average molecular weight is 241 g/mol. The second-order valence-corrected chi connectivity index (χ2v) is 5.29. The summed E-state index contributed by atoms with van der Waals surface area (Å²) in [6.07, 6.45) is 2.81. The van der Waals surface area contributed by atoms with E-state index in [1.807, 2.05) is 14.1 Å². The van der Waals surface area contributed by atoms with Gasteiger partial charge in [0.15, 0.2) is 0 Å². The topological polar surface area (TPSA) is 77.1 Å². The van der Waals surface area contributed by atoms with E-state index in [9.17, 15) is 5.11 Å². The van der Waals surface area contributed by atoms with Crippen molar-refractivity contribution in [1.29, 1.82) is 0 Å². The van der Waals surface area contributed by atoms with E-state index in [-0.39, 0.29) is 12.1 Å². The van der Waals surface area contributed by atoms with Crippen molar-refractivity contribution in [3.8, 4) is 0 Å². The van der Waals surface area contributed by atoms with Crippen molar-refractivity contribution in [2.45, 2.75) is 37.5 Å². The Morgan fingerprint density at radius 3 is 2.76 bits per heavy atom. The number of rotatable bonds is 3. The van der Waals surface area contributed by atoms with Gasteiger partial charge in [0.05, 0.1) is 12.1 Å². The number of hydrogen-bond donors (Lipinski definition) is 3. The van der Waals surface area contributed by atoms with Crippen molar-refractivity contribution in [3.05, 3.63) is 0 Å². The van der Waals surface area contributed by atoms with Crippen LogP contribution < -0.4 is 11.3 Å². The van der Waals surface area contributed by atoms with E-state index >= 15 is 0 Å². The number of nitrogens with one attached hydrogen (secondary N) is 1. The van der Waals surface area contributed by atoms with Gasteiger partial charge >= 0.3 is 0 Å². The molecule has 1 heterocycles. The number of aliphatic imine (C=N–C) groups is 1. The molecule has 0 aromatic rings. The van der Waals surface area contributed by atoms with Crippen molar-refractivity contribution >= 4 is 5.96 Å². The van der Waals surface area contributed by atoms with Gasteiger partial charge in [-0.3, -0.25) is 5.43 Å². The smallest absolute Gasteiger partial charge is 0.209 e. The number of aliphatic hydroxyl groups is 1. The summed E-state index contributed by atoms with van der Waals surface area (Å²) in [7, 11) is 4.08. The number of likely N-dealkylation sites (tertiary alicyclic amines) is 1. The van der Waals surface area contributed by atoms with Gasteiger partial charge in [-0.15, -0.1) is 0 Å². The predicted octanol–water partition coefficient (Wildman–Crippen LogP) is -1.04. The normalized spacial score (nSPS) is 30.2. The number of nitrogens with zero attached hydrogens (tertiary/aromatic N) is 3. The lowest BCUT2D eigenvalue weighted by molar-refractivity contribution is 0.187. The van der Waals surface area contributed by atoms with Gasteiger partial charge < -0.3 is 14.9 Å². The zero-order valence-corrected chi connectivity index (χ0v) is 10.6. The second kappa shape index (κ2) is 5.20. The highest BCUT2D eigenvalue weighted by Gasteiger charge is 2.34. The molecular weight excluding hydrogens is 218 g/mol. The van der Waals surface area contributed by atoms with Gasteiger partial charge in [0.25, 0.3) is 0 Å². The molecule has 6 nitrogen and oxygen atoms in total. The zero-order chi connectivity index (χ0) is 12.4. The Morgan fingerprint density at radius 2 is 2.24 bits per heavy atom. The van der Waals surface area contributed by atoms with E-state index in [1.54, 1.807) is 0 Å². The third-order valence-corrected chi connectivity index (χ3v) is 3.22. The Hall–Kier alpha value is -0.850. The molecule has 0 radical (unpaired) electrons. The Kier molecular flexibility index (Phi) is 3.86. The van der Waals surface area contributed by atoms with E-state index < -0.39 is 0 Å². The summed E-state index contributed by atoms with van der Waals surface area (Å²) in [5, 5.41) is 9.79. The standard InChI is InChI=1S/C11H23N5O/c1-15(2)6-9-5-10(17)7-16(9)11(14-12)13-8-3-4-8/h8-10,17H,3-7,12H2,1-2H3,(H,13,14). The molecular formula is C11H23N5O. The number of β-amino-alcohol motifs (C(OH)–C–C–N with tert-alkyl or cyclic N) is 1. The maximum Gasteiger partial charge on any atom is 0.209 e. The summed E-state index contributed by atoms with van der Waals surface area (Å²) in [5.74, 6) is 6.28. The van der Waals surface area contributed by atoms with Crippen LogP contribution in [0.3, 0.4) is 0 Å². The number of nitrogens with two attached hydrogens (primary N) is 1. The Labute approximate surface area is 102 Å². The van der Waals surface area contributed by atoms with Gasteiger partial charge in [-0.2, -0.15) is 0 Å². The molecule has 1 aliphatic carbocycles. The van der Waals surface area contributed by atoms with E-state index in [4.69, 9.17) is 5.84 Å². The van der Waals surface area contributed by atoms with E-state index in [1.165, 1.54) is 0 Å².